The molecule has 0 saturated carbocycles. The van der Waals surface area contributed by atoms with Gasteiger partial charge in [0.15, 0.2) is 11.0 Å². The molecular weight excluding hydrogens is 452 g/mol. The van der Waals surface area contributed by atoms with Crippen LogP contribution in [0.1, 0.15) is 5.82 Å². The molecule has 2 aromatic heterocycles. The molecule has 10 heteroatoms. The number of para-hydroxylation sites is 1. The molecule has 0 saturated heterocycles. The van der Waals surface area contributed by atoms with Crippen LogP contribution in [-0.4, -0.2) is 36.9 Å². The summed E-state index contributed by atoms with van der Waals surface area (Å²) in [6.07, 6.45) is 0. The van der Waals surface area contributed by atoms with Crippen LogP contribution in [0.15, 0.2) is 88.8 Å². The maximum atomic E-state index is 12.8. The van der Waals surface area contributed by atoms with E-state index in [0.29, 0.717) is 27.6 Å². The van der Waals surface area contributed by atoms with Gasteiger partial charge in [-0.1, -0.05) is 47.3 Å². The van der Waals surface area contributed by atoms with Gasteiger partial charge in [0.05, 0.1) is 18.4 Å². The Morgan fingerprint density at radius 2 is 1.59 bits per heavy atom. The van der Waals surface area contributed by atoms with Gasteiger partial charge in [-0.2, -0.15) is 4.68 Å². The summed E-state index contributed by atoms with van der Waals surface area (Å²) < 4.78 is 14.4. The van der Waals surface area contributed by atoms with Gasteiger partial charge in [-0.3, -0.25) is 9.36 Å². The van der Waals surface area contributed by atoms with Crippen LogP contribution in [0.5, 0.6) is 11.5 Å². The SMILES string of the molecule is COc1ccc(OCc2nnc(SCn3nnc4ccccc4c3=O)n2-c2ccccc2)cc1. The maximum Gasteiger partial charge on any atom is 0.278 e. The molecule has 0 aliphatic rings. The fourth-order valence-corrected chi connectivity index (χ4v) is 4.22. The van der Waals surface area contributed by atoms with Crippen LogP contribution >= 0.6 is 11.8 Å². The molecule has 0 amide bonds. The first-order valence-corrected chi connectivity index (χ1v) is 11.4. The zero-order valence-corrected chi connectivity index (χ0v) is 19.1. The van der Waals surface area contributed by atoms with Crippen LogP contribution < -0.4 is 15.0 Å². The minimum Gasteiger partial charge on any atom is -0.497 e. The number of aromatic nitrogens is 6. The molecule has 9 nitrogen and oxygen atoms in total. The fourth-order valence-electron chi connectivity index (χ4n) is 3.37. The molecule has 2 heterocycles. The van der Waals surface area contributed by atoms with Crippen molar-refractivity contribution in [3.8, 4) is 17.2 Å². The fraction of sp³-hybridized carbons (Fsp3) is 0.125. The predicted molar refractivity (Wildman–Crippen MR) is 128 cm³/mol. The molecule has 0 atom stereocenters. The van der Waals surface area contributed by atoms with E-state index in [1.807, 2.05) is 71.3 Å². The van der Waals surface area contributed by atoms with Crippen LogP contribution in [0.4, 0.5) is 0 Å². The summed E-state index contributed by atoms with van der Waals surface area (Å²) in [5.74, 6) is 2.31. The van der Waals surface area contributed by atoms with Crippen LogP contribution in [-0.2, 0) is 12.5 Å². The number of ether oxygens (including phenoxy) is 2. The molecule has 0 bridgehead atoms. The van der Waals surface area contributed by atoms with Crippen molar-refractivity contribution in [1.82, 2.24) is 29.8 Å². The van der Waals surface area contributed by atoms with E-state index >= 15 is 0 Å². The van der Waals surface area contributed by atoms with E-state index in [4.69, 9.17) is 9.47 Å². The second kappa shape index (κ2) is 9.75. The molecule has 0 radical (unpaired) electrons. The summed E-state index contributed by atoms with van der Waals surface area (Å²) in [6.45, 7) is 0.213. The summed E-state index contributed by atoms with van der Waals surface area (Å²) in [5.41, 5.74) is 1.26. The summed E-state index contributed by atoms with van der Waals surface area (Å²) in [6, 6.07) is 24.2. The van der Waals surface area contributed by atoms with Gasteiger partial charge >= 0.3 is 0 Å². The third-order valence-electron chi connectivity index (χ3n) is 5.09. The minimum absolute atomic E-state index is 0.202. The van der Waals surface area contributed by atoms with Gasteiger partial charge in [-0.15, -0.1) is 15.3 Å². The Balaban J connectivity index is 1.40. The largest absolute Gasteiger partial charge is 0.497 e. The second-order valence-electron chi connectivity index (χ2n) is 7.22. The van der Waals surface area contributed by atoms with Gasteiger partial charge in [0.25, 0.3) is 5.56 Å². The van der Waals surface area contributed by atoms with Crippen LogP contribution in [0.2, 0.25) is 0 Å². The number of nitrogens with zero attached hydrogens (tertiary/aromatic N) is 6. The second-order valence-corrected chi connectivity index (χ2v) is 8.13. The van der Waals surface area contributed by atoms with Crippen molar-refractivity contribution in [1.29, 1.82) is 0 Å². The lowest BCUT2D eigenvalue weighted by molar-refractivity contribution is 0.292. The average molecular weight is 473 g/mol. The molecule has 0 fully saturated rings. The number of hydrogen-bond acceptors (Lipinski definition) is 8. The summed E-state index contributed by atoms with van der Waals surface area (Å²) in [4.78, 5) is 12.8. The van der Waals surface area contributed by atoms with Gasteiger partial charge in [-0.05, 0) is 48.5 Å². The van der Waals surface area contributed by atoms with Gasteiger partial charge in [-0.25, -0.2) is 0 Å². The monoisotopic (exact) mass is 472 g/mol. The highest BCUT2D eigenvalue weighted by Gasteiger charge is 2.16. The first kappa shape index (κ1) is 21.7. The standard InChI is InChI=1S/C24H20N6O3S/c1-32-18-11-13-19(14-12-18)33-15-22-26-27-24(30(22)17-7-3-2-4-8-17)34-16-29-23(31)20-9-5-6-10-21(20)25-28-29/h2-14H,15-16H2,1H3. The Hall–Kier alpha value is -4.18. The van der Waals surface area contributed by atoms with Gasteiger partial charge < -0.3 is 9.47 Å². The Bertz CT molecular complexity index is 1470. The van der Waals surface area contributed by atoms with Crippen LogP contribution in [0, 0.1) is 0 Å². The smallest absolute Gasteiger partial charge is 0.278 e. The Kier molecular flexibility index (Phi) is 6.21. The molecule has 0 aliphatic heterocycles. The first-order chi connectivity index (χ1) is 16.7. The molecule has 0 N–H and O–H groups in total. The third-order valence-corrected chi connectivity index (χ3v) is 5.98. The van der Waals surface area contributed by atoms with E-state index in [9.17, 15) is 4.79 Å². The lowest BCUT2D eigenvalue weighted by Gasteiger charge is -2.11. The highest BCUT2D eigenvalue weighted by molar-refractivity contribution is 7.98. The minimum atomic E-state index is -0.202. The first-order valence-electron chi connectivity index (χ1n) is 10.4. The van der Waals surface area contributed by atoms with E-state index in [1.165, 1.54) is 16.4 Å². The van der Waals surface area contributed by atoms with Crippen molar-refractivity contribution < 1.29 is 9.47 Å². The molecular formula is C24H20N6O3S. The number of rotatable bonds is 8. The highest BCUT2D eigenvalue weighted by Crippen LogP contribution is 2.24. The van der Waals surface area contributed by atoms with Crippen LogP contribution in [0.25, 0.3) is 16.6 Å². The Labute approximate surface area is 199 Å². The molecule has 0 unspecified atom stereocenters. The molecule has 0 spiro atoms. The molecule has 5 rings (SSSR count). The predicted octanol–water partition coefficient (Wildman–Crippen LogP) is 3.71. The number of hydrogen-bond donors (Lipinski definition) is 0. The van der Waals surface area contributed by atoms with Crippen molar-refractivity contribution in [2.24, 2.45) is 0 Å². The number of thioether (sulfide) groups is 1. The lowest BCUT2D eigenvalue weighted by atomic mass is 10.2. The maximum absolute atomic E-state index is 12.8. The zero-order chi connectivity index (χ0) is 23.3. The van der Waals surface area contributed by atoms with Crippen molar-refractivity contribution in [2.45, 2.75) is 17.6 Å². The third kappa shape index (κ3) is 4.48. The highest BCUT2D eigenvalue weighted by atomic mass is 32.2. The Morgan fingerprint density at radius 1 is 0.853 bits per heavy atom. The average Bonchev–Trinajstić information content (AvgIpc) is 3.31. The van der Waals surface area contributed by atoms with Gasteiger partial charge in [0.1, 0.15) is 23.6 Å². The molecule has 3 aromatic carbocycles. The lowest BCUT2D eigenvalue weighted by Crippen LogP contribution is -2.23. The van der Waals surface area contributed by atoms with E-state index in [0.717, 1.165) is 11.4 Å². The zero-order valence-electron chi connectivity index (χ0n) is 18.2. The van der Waals surface area contributed by atoms with Crippen molar-refractivity contribution in [3.63, 3.8) is 0 Å². The summed E-state index contributed by atoms with van der Waals surface area (Å²) >= 11 is 1.34. The number of benzene rings is 3. The molecule has 0 aliphatic carbocycles. The van der Waals surface area contributed by atoms with Crippen molar-refractivity contribution in [3.05, 3.63) is 95.0 Å². The van der Waals surface area contributed by atoms with Crippen molar-refractivity contribution >= 4 is 22.7 Å². The van der Waals surface area contributed by atoms with Gasteiger partial charge in [0, 0.05) is 5.69 Å². The van der Waals surface area contributed by atoms with E-state index in [1.54, 1.807) is 19.2 Å². The van der Waals surface area contributed by atoms with Crippen LogP contribution in [0.3, 0.4) is 0 Å². The summed E-state index contributed by atoms with van der Waals surface area (Å²) in [7, 11) is 1.62. The van der Waals surface area contributed by atoms with E-state index in [2.05, 4.69) is 20.5 Å². The van der Waals surface area contributed by atoms with Gasteiger partial charge in [0.2, 0.25) is 0 Å². The molecule has 34 heavy (non-hydrogen) atoms. The molecule has 170 valence electrons. The molecule has 5 aromatic rings. The topological polar surface area (TPSA) is 97.0 Å². The van der Waals surface area contributed by atoms with Crippen molar-refractivity contribution in [2.75, 3.05) is 7.11 Å². The number of methoxy groups -OCH3 is 1. The summed E-state index contributed by atoms with van der Waals surface area (Å²) in [5, 5.41) is 18.0. The number of fused-ring (bicyclic) bond motifs is 1. The quantitative estimate of drug-likeness (QED) is 0.315. The Morgan fingerprint density at radius 3 is 2.38 bits per heavy atom. The normalized spacial score (nSPS) is 11.0. The van der Waals surface area contributed by atoms with E-state index in [-0.39, 0.29) is 18.0 Å². The van der Waals surface area contributed by atoms with E-state index < -0.39 is 0 Å².